The Bertz CT molecular complexity index is 352. The fourth-order valence-corrected chi connectivity index (χ4v) is 0.731. The molecule has 16 heavy (non-hydrogen) atoms. The monoisotopic (exact) mass is 238 g/mol. The van der Waals surface area contributed by atoms with Crippen molar-refractivity contribution < 1.29 is 32.6 Å². The first-order valence-electron chi connectivity index (χ1n) is 4.08. The maximum Gasteiger partial charge on any atom is 0.422 e. The molecule has 1 rings (SSSR count). The second-order valence-corrected chi connectivity index (χ2v) is 2.73. The van der Waals surface area contributed by atoms with E-state index in [2.05, 4.69) is 4.74 Å². The summed E-state index contributed by atoms with van der Waals surface area (Å²) in [5.74, 6) is 0. The minimum atomic E-state index is -4.40. The van der Waals surface area contributed by atoms with Crippen LogP contribution in [0.15, 0.2) is 18.3 Å². The lowest BCUT2D eigenvalue weighted by Gasteiger charge is -2.02. The number of nitrogens with zero attached hydrogens (tertiary/aromatic N) is 1. The van der Waals surface area contributed by atoms with E-state index in [1.54, 1.807) is 0 Å². The lowest BCUT2D eigenvalue weighted by molar-refractivity contribution is -0.909. The molecular weight excluding hydrogens is 227 g/mol. The quantitative estimate of drug-likeness (QED) is 0.456. The highest BCUT2D eigenvalue weighted by molar-refractivity contribution is 5.36. The predicted molar refractivity (Wildman–Crippen MR) is 46.6 cm³/mol. The Morgan fingerprint density at radius 3 is 2.25 bits per heavy atom. The van der Waals surface area contributed by atoms with Crippen LogP contribution in [0.3, 0.4) is 0 Å². The molecule has 0 saturated heterocycles. The Hall–Kier alpha value is -1.79. The molecule has 1 heterocycles. The number of hydrogen-bond donors (Lipinski definition) is 1. The van der Waals surface area contributed by atoms with Crippen LogP contribution in [-0.2, 0) is 15.7 Å². The first-order chi connectivity index (χ1) is 7.32. The molecule has 0 saturated carbocycles. The molecule has 0 unspecified atom stereocenters. The molecule has 0 aliphatic carbocycles. The van der Waals surface area contributed by atoms with E-state index in [1.807, 2.05) is 0 Å². The van der Waals surface area contributed by atoms with Gasteiger partial charge in [-0.3, -0.25) is 10.0 Å². The number of methoxy groups -OCH3 is 1. The highest BCUT2D eigenvalue weighted by Crippen LogP contribution is 2.27. The van der Waals surface area contributed by atoms with Gasteiger partial charge < -0.3 is 4.74 Å². The van der Waals surface area contributed by atoms with Gasteiger partial charge in [0, 0.05) is 17.7 Å². The summed E-state index contributed by atoms with van der Waals surface area (Å²) < 4.78 is 40.2. The van der Waals surface area contributed by atoms with Gasteiger partial charge in [0.15, 0.2) is 0 Å². The topological polar surface area (TPSA) is 50.4 Å². The number of carbonyl (C=O) groups excluding carboxylic acids is 1. The summed E-state index contributed by atoms with van der Waals surface area (Å²) in [5, 5.41) is 8.88. The van der Waals surface area contributed by atoms with E-state index in [9.17, 15) is 13.2 Å². The molecule has 90 valence electrons. The van der Waals surface area contributed by atoms with Crippen molar-refractivity contribution in [3.63, 3.8) is 0 Å². The highest BCUT2D eigenvalue weighted by Gasteiger charge is 2.33. The van der Waals surface area contributed by atoms with Gasteiger partial charge in [0.25, 0.3) is 6.47 Å². The lowest BCUT2D eigenvalue weighted by atomic mass is 10.2. The number of aryl methyl sites for hydroxylation is 1. The van der Waals surface area contributed by atoms with Crippen LogP contribution in [0.5, 0.6) is 0 Å². The molecule has 0 aliphatic heterocycles. The van der Waals surface area contributed by atoms with Crippen LogP contribution in [-0.4, -0.2) is 18.8 Å². The van der Waals surface area contributed by atoms with Crippen LogP contribution in [0.25, 0.3) is 0 Å². The van der Waals surface area contributed by atoms with Gasteiger partial charge in [0.2, 0.25) is 11.9 Å². The summed E-state index contributed by atoms with van der Waals surface area (Å²) in [4.78, 5) is 8.95. The molecular formula is C9H11F3NO3+. The minimum Gasteiger partial charge on any atom is -0.471 e. The van der Waals surface area contributed by atoms with Crippen molar-refractivity contribution in [3.05, 3.63) is 29.6 Å². The fourth-order valence-electron chi connectivity index (χ4n) is 0.731. The smallest absolute Gasteiger partial charge is 0.422 e. The number of hydrogen-bond acceptors (Lipinski definition) is 3. The van der Waals surface area contributed by atoms with Crippen LogP contribution >= 0.6 is 0 Å². The Labute approximate surface area is 89.8 Å². The number of halogens is 3. The van der Waals surface area contributed by atoms with Crippen LogP contribution < -0.4 is 4.73 Å². The third kappa shape index (κ3) is 4.63. The summed E-state index contributed by atoms with van der Waals surface area (Å²) in [6.07, 6.45) is -3.77. The zero-order valence-electron chi connectivity index (χ0n) is 8.65. The first-order valence-corrected chi connectivity index (χ1v) is 4.08. The van der Waals surface area contributed by atoms with Crippen molar-refractivity contribution in [1.82, 2.24) is 0 Å². The molecule has 1 aromatic rings. The van der Waals surface area contributed by atoms with E-state index in [4.69, 9.17) is 10.0 Å². The largest absolute Gasteiger partial charge is 0.471 e. The number of carbonyl (C=O) groups is 1. The zero-order chi connectivity index (χ0) is 12.8. The second kappa shape index (κ2) is 5.94. The van der Waals surface area contributed by atoms with Crippen molar-refractivity contribution in [2.45, 2.75) is 13.1 Å². The molecule has 0 aromatic carbocycles. The van der Waals surface area contributed by atoms with Crippen molar-refractivity contribution in [3.8, 4) is 0 Å². The predicted octanol–water partition coefficient (Wildman–Crippen LogP) is 1.33. The van der Waals surface area contributed by atoms with E-state index in [-0.39, 0.29) is 0 Å². The zero-order valence-corrected chi connectivity index (χ0v) is 8.65. The summed E-state index contributed by atoms with van der Waals surface area (Å²) in [5.41, 5.74) is -0.515. The maximum atomic E-state index is 12.0. The van der Waals surface area contributed by atoms with Gasteiger partial charge >= 0.3 is 6.18 Å². The average molecular weight is 238 g/mol. The number of aromatic nitrogens is 1. The summed E-state index contributed by atoms with van der Waals surface area (Å²) in [7, 11) is 1.31. The van der Waals surface area contributed by atoms with Crippen LogP contribution in [0.4, 0.5) is 13.2 Å². The highest BCUT2D eigenvalue weighted by atomic mass is 19.4. The number of rotatable bonds is 1. The van der Waals surface area contributed by atoms with Gasteiger partial charge in [-0.15, -0.1) is 0 Å². The molecule has 0 radical (unpaired) electrons. The first kappa shape index (κ1) is 14.2. The van der Waals surface area contributed by atoms with E-state index in [0.29, 0.717) is 23.1 Å². The molecule has 7 heteroatoms. The Morgan fingerprint density at radius 2 is 1.94 bits per heavy atom. The van der Waals surface area contributed by atoms with Crippen LogP contribution in [0.1, 0.15) is 11.3 Å². The molecule has 0 bridgehead atoms. The van der Waals surface area contributed by atoms with Crippen LogP contribution in [0, 0.1) is 6.92 Å². The molecule has 0 fully saturated rings. The molecule has 0 spiro atoms. The van der Waals surface area contributed by atoms with Gasteiger partial charge in [0.05, 0.1) is 7.11 Å². The van der Waals surface area contributed by atoms with Gasteiger partial charge in [-0.1, -0.05) is 0 Å². The SMILES string of the molecule is COC=O.Cc1ccc(C(F)(F)F)c[n+]1O. The Kier molecular flexibility index (Phi) is 5.27. The number of pyridine rings is 1. The molecule has 0 aliphatic rings. The standard InChI is InChI=1S/C7H7F3NO.C2H4O2/c1-5-2-3-6(4-11(5)12)7(8,9)10;1-4-2-3/h2-4,12H,1H3;2H,1H3/q+1;. The van der Waals surface area contributed by atoms with E-state index in [0.717, 1.165) is 6.07 Å². The summed E-state index contributed by atoms with van der Waals surface area (Å²) in [6, 6.07) is 2.12. The molecule has 4 nitrogen and oxygen atoms in total. The lowest BCUT2D eigenvalue weighted by Crippen LogP contribution is -2.34. The number of ether oxygens (including phenoxy) is 1. The van der Waals surface area contributed by atoms with Crippen molar-refractivity contribution >= 4 is 6.47 Å². The maximum absolute atomic E-state index is 12.0. The van der Waals surface area contributed by atoms with E-state index in [1.165, 1.54) is 20.1 Å². The van der Waals surface area contributed by atoms with Gasteiger partial charge in [-0.05, 0) is 6.07 Å². The normalized spacial score (nSPS) is 10.1. The van der Waals surface area contributed by atoms with E-state index >= 15 is 0 Å². The molecule has 0 atom stereocenters. The summed E-state index contributed by atoms with van der Waals surface area (Å²) in [6.45, 7) is 1.88. The Balaban J connectivity index is 0.000000487. The molecule has 0 amide bonds. The minimum absolute atomic E-state index is 0.350. The van der Waals surface area contributed by atoms with Gasteiger partial charge in [-0.25, -0.2) is 0 Å². The van der Waals surface area contributed by atoms with Crippen molar-refractivity contribution in [1.29, 1.82) is 0 Å². The van der Waals surface area contributed by atoms with Crippen LogP contribution in [0.2, 0.25) is 0 Å². The molecule has 1 aromatic heterocycles. The average Bonchev–Trinajstić information content (AvgIpc) is 2.21. The van der Waals surface area contributed by atoms with E-state index < -0.39 is 11.7 Å². The summed E-state index contributed by atoms with van der Waals surface area (Å²) >= 11 is 0. The Morgan fingerprint density at radius 1 is 1.44 bits per heavy atom. The van der Waals surface area contributed by atoms with Crippen molar-refractivity contribution in [2.75, 3.05) is 7.11 Å². The third-order valence-corrected chi connectivity index (χ3v) is 1.55. The number of alkyl halides is 3. The second-order valence-electron chi connectivity index (χ2n) is 2.73. The van der Waals surface area contributed by atoms with Crippen molar-refractivity contribution in [2.24, 2.45) is 0 Å². The van der Waals surface area contributed by atoms with Gasteiger partial charge in [-0.2, -0.15) is 13.2 Å². The van der Waals surface area contributed by atoms with Gasteiger partial charge in [0.1, 0.15) is 5.56 Å². The molecule has 1 N–H and O–H groups in total. The fraction of sp³-hybridized carbons (Fsp3) is 0.333. The third-order valence-electron chi connectivity index (χ3n) is 1.55.